The van der Waals surface area contributed by atoms with E-state index >= 15 is 0 Å². The molecular formula is C12H18FN3O2. The van der Waals surface area contributed by atoms with E-state index in [0.717, 1.165) is 38.8 Å². The van der Waals surface area contributed by atoms with Crippen molar-refractivity contribution < 1.29 is 13.9 Å². The molecule has 100 valence electrons. The Balaban J connectivity index is 1.79. The van der Waals surface area contributed by atoms with Gasteiger partial charge in [-0.3, -0.25) is 0 Å². The van der Waals surface area contributed by atoms with Crippen LogP contribution in [0.2, 0.25) is 0 Å². The van der Waals surface area contributed by atoms with Gasteiger partial charge in [-0.15, -0.1) is 0 Å². The molecule has 1 unspecified atom stereocenters. The van der Waals surface area contributed by atoms with Gasteiger partial charge in [0, 0.05) is 19.8 Å². The Morgan fingerprint density at radius 1 is 1.61 bits per heavy atom. The summed E-state index contributed by atoms with van der Waals surface area (Å²) < 4.78 is 23.3. The van der Waals surface area contributed by atoms with Gasteiger partial charge in [0.2, 0.25) is 11.8 Å². The Morgan fingerprint density at radius 2 is 2.50 bits per heavy atom. The molecule has 1 aliphatic heterocycles. The summed E-state index contributed by atoms with van der Waals surface area (Å²) in [6.45, 7) is 2.46. The molecule has 0 bridgehead atoms. The Bertz CT molecular complexity index is 384. The normalized spacial score (nSPS) is 19.6. The highest BCUT2D eigenvalue weighted by Crippen LogP contribution is 2.17. The van der Waals surface area contributed by atoms with Crippen LogP contribution in [0.1, 0.15) is 19.3 Å². The molecule has 1 aliphatic rings. The van der Waals surface area contributed by atoms with Crippen LogP contribution >= 0.6 is 0 Å². The minimum atomic E-state index is -0.552. The second-order valence-corrected chi connectivity index (χ2v) is 4.35. The predicted octanol–water partition coefficient (Wildman–Crippen LogP) is 1.85. The third-order valence-electron chi connectivity index (χ3n) is 3.00. The van der Waals surface area contributed by atoms with Crippen LogP contribution in [0.5, 0.6) is 5.88 Å². The number of hydrogen-bond donors (Lipinski definition) is 1. The number of hydrogen-bond acceptors (Lipinski definition) is 5. The first-order valence-corrected chi connectivity index (χ1v) is 6.17. The molecule has 1 saturated heterocycles. The number of ether oxygens (including phenoxy) is 2. The van der Waals surface area contributed by atoms with Crippen molar-refractivity contribution >= 4 is 5.95 Å². The van der Waals surface area contributed by atoms with Crippen LogP contribution in [-0.2, 0) is 4.74 Å². The molecule has 18 heavy (non-hydrogen) atoms. The van der Waals surface area contributed by atoms with Crippen LogP contribution < -0.4 is 10.1 Å². The summed E-state index contributed by atoms with van der Waals surface area (Å²) in [4.78, 5) is 7.78. The third kappa shape index (κ3) is 3.53. The smallest absolute Gasteiger partial charge is 0.255 e. The van der Waals surface area contributed by atoms with E-state index < -0.39 is 5.82 Å². The summed E-state index contributed by atoms with van der Waals surface area (Å²) >= 11 is 0. The molecule has 0 amide bonds. The van der Waals surface area contributed by atoms with Crippen LogP contribution in [0.3, 0.4) is 0 Å². The Hall–Kier alpha value is -1.43. The summed E-state index contributed by atoms with van der Waals surface area (Å²) in [6, 6.07) is 0. The summed E-state index contributed by atoms with van der Waals surface area (Å²) in [5.41, 5.74) is 0. The number of anilines is 1. The van der Waals surface area contributed by atoms with Gasteiger partial charge in [0.1, 0.15) is 0 Å². The van der Waals surface area contributed by atoms with Crippen LogP contribution in [0.15, 0.2) is 6.20 Å². The van der Waals surface area contributed by atoms with Gasteiger partial charge >= 0.3 is 0 Å². The lowest BCUT2D eigenvalue weighted by Gasteiger charge is -2.21. The van der Waals surface area contributed by atoms with Crippen LogP contribution in [0.25, 0.3) is 0 Å². The molecule has 1 aromatic heterocycles. The fourth-order valence-electron chi connectivity index (χ4n) is 2.00. The van der Waals surface area contributed by atoms with Gasteiger partial charge in [0.25, 0.3) is 5.88 Å². The number of rotatable bonds is 5. The molecular weight excluding hydrogens is 237 g/mol. The summed E-state index contributed by atoms with van der Waals surface area (Å²) in [5, 5.41) is 3.07. The van der Waals surface area contributed by atoms with E-state index in [2.05, 4.69) is 15.3 Å². The van der Waals surface area contributed by atoms with E-state index in [0.29, 0.717) is 11.9 Å². The number of nitrogens with one attached hydrogen (secondary N) is 1. The fraction of sp³-hybridized carbons (Fsp3) is 0.667. The lowest BCUT2D eigenvalue weighted by atomic mass is 9.99. The van der Waals surface area contributed by atoms with Crippen molar-refractivity contribution in [3.05, 3.63) is 12.0 Å². The van der Waals surface area contributed by atoms with E-state index in [9.17, 15) is 4.39 Å². The van der Waals surface area contributed by atoms with Gasteiger partial charge in [-0.05, 0) is 25.2 Å². The first-order chi connectivity index (χ1) is 8.79. The molecule has 0 spiro atoms. The first-order valence-electron chi connectivity index (χ1n) is 6.17. The highest BCUT2D eigenvalue weighted by Gasteiger charge is 2.13. The fourth-order valence-corrected chi connectivity index (χ4v) is 2.00. The van der Waals surface area contributed by atoms with Gasteiger partial charge < -0.3 is 14.8 Å². The van der Waals surface area contributed by atoms with E-state index in [1.807, 2.05) is 0 Å². The maximum atomic E-state index is 13.1. The average Bonchev–Trinajstić information content (AvgIpc) is 2.42. The zero-order valence-corrected chi connectivity index (χ0v) is 10.5. The van der Waals surface area contributed by atoms with Crippen molar-refractivity contribution in [3.63, 3.8) is 0 Å². The molecule has 0 saturated carbocycles. The first kappa shape index (κ1) is 13.0. The van der Waals surface area contributed by atoms with Gasteiger partial charge in [-0.25, -0.2) is 4.98 Å². The molecule has 5 nitrogen and oxygen atoms in total. The van der Waals surface area contributed by atoms with Crippen molar-refractivity contribution in [3.8, 4) is 5.88 Å². The van der Waals surface area contributed by atoms with Crippen molar-refractivity contribution in [2.45, 2.75) is 19.3 Å². The van der Waals surface area contributed by atoms with Gasteiger partial charge in [-0.1, -0.05) is 0 Å². The van der Waals surface area contributed by atoms with Gasteiger partial charge in [0.05, 0.1) is 13.3 Å². The number of halogens is 1. The number of aromatic nitrogens is 2. The standard InChI is InChI=1S/C12H18FN3O2/c1-17-11-10(13)7-15-12(16-11)14-5-4-9-3-2-6-18-8-9/h7,9H,2-6,8H2,1H3,(H,14,15,16). The molecule has 0 aliphatic carbocycles. The van der Waals surface area contributed by atoms with Crippen LogP contribution in [0.4, 0.5) is 10.3 Å². The average molecular weight is 255 g/mol. The minimum absolute atomic E-state index is 0.0338. The Morgan fingerprint density at radius 3 is 3.22 bits per heavy atom. The van der Waals surface area contributed by atoms with Crippen LogP contribution in [0, 0.1) is 11.7 Å². The van der Waals surface area contributed by atoms with Crippen molar-refractivity contribution in [2.24, 2.45) is 5.92 Å². The minimum Gasteiger partial charge on any atom is -0.479 e. The molecule has 1 atom stereocenters. The molecule has 6 heteroatoms. The van der Waals surface area contributed by atoms with Crippen molar-refractivity contribution in [2.75, 3.05) is 32.2 Å². The lowest BCUT2D eigenvalue weighted by molar-refractivity contribution is 0.0530. The summed E-state index contributed by atoms with van der Waals surface area (Å²) in [7, 11) is 1.38. The highest BCUT2D eigenvalue weighted by molar-refractivity contribution is 5.28. The van der Waals surface area contributed by atoms with Gasteiger partial charge in [0.15, 0.2) is 0 Å². The zero-order valence-electron chi connectivity index (χ0n) is 10.5. The third-order valence-corrected chi connectivity index (χ3v) is 3.00. The summed E-state index contributed by atoms with van der Waals surface area (Å²) in [5.74, 6) is 0.399. The van der Waals surface area contributed by atoms with E-state index in [-0.39, 0.29) is 5.88 Å². The number of methoxy groups -OCH3 is 1. The van der Waals surface area contributed by atoms with Gasteiger partial charge in [-0.2, -0.15) is 9.37 Å². The number of nitrogens with zero attached hydrogens (tertiary/aromatic N) is 2. The monoisotopic (exact) mass is 255 g/mol. The Kier molecular flexibility index (Phi) is 4.69. The largest absolute Gasteiger partial charge is 0.479 e. The molecule has 2 heterocycles. The second-order valence-electron chi connectivity index (χ2n) is 4.35. The maximum Gasteiger partial charge on any atom is 0.255 e. The Labute approximate surface area is 106 Å². The predicted molar refractivity (Wildman–Crippen MR) is 65.2 cm³/mol. The zero-order chi connectivity index (χ0) is 12.8. The van der Waals surface area contributed by atoms with Crippen molar-refractivity contribution in [1.82, 2.24) is 9.97 Å². The molecule has 1 fully saturated rings. The van der Waals surface area contributed by atoms with E-state index in [1.54, 1.807) is 0 Å². The van der Waals surface area contributed by atoms with E-state index in [4.69, 9.17) is 9.47 Å². The molecule has 0 radical (unpaired) electrons. The second kappa shape index (κ2) is 6.49. The topological polar surface area (TPSA) is 56.3 Å². The highest BCUT2D eigenvalue weighted by atomic mass is 19.1. The van der Waals surface area contributed by atoms with Crippen LogP contribution in [-0.4, -0.2) is 36.8 Å². The molecule has 1 N–H and O–H groups in total. The molecule has 0 aromatic carbocycles. The maximum absolute atomic E-state index is 13.1. The summed E-state index contributed by atoms with van der Waals surface area (Å²) in [6.07, 6.45) is 4.45. The SMILES string of the molecule is COc1nc(NCCC2CCCOC2)ncc1F. The lowest BCUT2D eigenvalue weighted by Crippen LogP contribution is -2.20. The quantitative estimate of drug-likeness (QED) is 0.870. The van der Waals surface area contributed by atoms with Crippen molar-refractivity contribution in [1.29, 1.82) is 0 Å². The molecule has 1 aromatic rings. The molecule has 2 rings (SSSR count). The van der Waals surface area contributed by atoms with E-state index in [1.165, 1.54) is 13.5 Å².